The molecule has 0 unspecified atom stereocenters. The van der Waals surface area contributed by atoms with Gasteiger partial charge in [0.15, 0.2) is 5.13 Å². The Bertz CT molecular complexity index is 1310. The van der Waals surface area contributed by atoms with Crippen molar-refractivity contribution in [2.24, 2.45) is 5.92 Å². The number of methoxy groups -OCH3 is 1. The number of amides is 1. The lowest BCUT2D eigenvalue weighted by Gasteiger charge is -2.33. The number of benzene rings is 2. The van der Waals surface area contributed by atoms with Crippen LogP contribution in [0.4, 0.5) is 5.13 Å². The topological polar surface area (TPSA) is 83.0 Å². The maximum absolute atomic E-state index is 13.8. The number of likely N-dealkylation sites (N-methyl/N-ethyl adjacent to an activating group) is 1. The predicted octanol–water partition coefficient (Wildman–Crippen LogP) is 4.39. The Hall–Kier alpha value is -2.53. The monoisotopic (exact) mass is 544 g/mol. The molecular formula is C27H36N4O4S2. The number of carbonyl (C=O) groups excluding carboxylic acids is 1. The van der Waals surface area contributed by atoms with E-state index in [0.717, 1.165) is 40.5 Å². The lowest BCUT2D eigenvalue weighted by Crippen LogP contribution is -2.46. The van der Waals surface area contributed by atoms with E-state index in [1.807, 2.05) is 30.0 Å². The van der Waals surface area contributed by atoms with Gasteiger partial charge in [0.2, 0.25) is 15.9 Å². The molecule has 2 heterocycles. The van der Waals surface area contributed by atoms with Crippen LogP contribution in [0.15, 0.2) is 47.4 Å². The molecule has 0 atom stereocenters. The maximum Gasteiger partial charge on any atom is 0.243 e. The number of sulfonamides is 1. The van der Waals surface area contributed by atoms with Gasteiger partial charge in [0.05, 0.1) is 22.2 Å². The number of hydrogen-bond donors (Lipinski definition) is 0. The second-order valence-corrected chi connectivity index (χ2v) is 12.2. The van der Waals surface area contributed by atoms with Crippen molar-refractivity contribution < 1.29 is 17.9 Å². The largest absolute Gasteiger partial charge is 0.497 e. The smallest absolute Gasteiger partial charge is 0.243 e. The highest BCUT2D eigenvalue weighted by atomic mass is 32.2. The summed E-state index contributed by atoms with van der Waals surface area (Å²) in [6, 6.07) is 12.5. The van der Waals surface area contributed by atoms with Gasteiger partial charge in [-0.05, 0) is 68.8 Å². The molecule has 1 saturated heterocycles. The summed E-state index contributed by atoms with van der Waals surface area (Å²) in [7, 11) is -2.08. The molecule has 0 N–H and O–H groups in total. The number of hydrogen-bond acceptors (Lipinski definition) is 7. The molecule has 0 radical (unpaired) electrons. The van der Waals surface area contributed by atoms with Gasteiger partial charge in [-0.15, -0.1) is 0 Å². The summed E-state index contributed by atoms with van der Waals surface area (Å²) < 4.78 is 34.0. The third-order valence-corrected chi connectivity index (χ3v) is 10.1. The lowest BCUT2D eigenvalue weighted by atomic mass is 9.96. The molecule has 0 spiro atoms. The molecule has 8 nitrogen and oxygen atoms in total. The fraction of sp³-hybridized carbons (Fsp3) is 0.481. The van der Waals surface area contributed by atoms with E-state index in [-0.39, 0.29) is 16.7 Å². The van der Waals surface area contributed by atoms with Crippen molar-refractivity contribution in [1.82, 2.24) is 14.2 Å². The van der Waals surface area contributed by atoms with Crippen molar-refractivity contribution in [2.45, 2.75) is 38.5 Å². The molecule has 3 aromatic rings. The van der Waals surface area contributed by atoms with Crippen LogP contribution < -0.4 is 9.64 Å². The number of anilines is 1. The van der Waals surface area contributed by atoms with E-state index in [9.17, 15) is 13.2 Å². The molecular weight excluding hydrogens is 508 g/mol. The summed E-state index contributed by atoms with van der Waals surface area (Å²) in [6.07, 6.45) is 0.972. The summed E-state index contributed by atoms with van der Waals surface area (Å²) in [4.78, 5) is 23.1. The van der Waals surface area contributed by atoms with E-state index < -0.39 is 10.0 Å². The van der Waals surface area contributed by atoms with Gasteiger partial charge in [-0.2, -0.15) is 4.31 Å². The van der Waals surface area contributed by atoms with Gasteiger partial charge in [-0.25, -0.2) is 13.4 Å². The fourth-order valence-corrected chi connectivity index (χ4v) is 7.28. The van der Waals surface area contributed by atoms with Gasteiger partial charge >= 0.3 is 0 Å². The number of fused-ring (bicyclic) bond motifs is 1. The molecule has 0 aliphatic carbocycles. The Morgan fingerprint density at radius 2 is 1.76 bits per heavy atom. The van der Waals surface area contributed by atoms with E-state index >= 15 is 0 Å². The van der Waals surface area contributed by atoms with Crippen molar-refractivity contribution in [1.29, 1.82) is 0 Å². The van der Waals surface area contributed by atoms with Crippen LogP contribution in [-0.2, 0) is 14.8 Å². The first-order chi connectivity index (χ1) is 17.8. The van der Waals surface area contributed by atoms with Gasteiger partial charge in [-0.1, -0.05) is 37.3 Å². The first-order valence-corrected chi connectivity index (χ1v) is 15.1. The van der Waals surface area contributed by atoms with E-state index in [4.69, 9.17) is 9.72 Å². The molecule has 200 valence electrons. The van der Waals surface area contributed by atoms with Crippen LogP contribution in [0.3, 0.4) is 0 Å². The lowest BCUT2D eigenvalue weighted by molar-refractivity contribution is -0.123. The minimum atomic E-state index is -3.62. The van der Waals surface area contributed by atoms with Crippen LogP contribution in [0.2, 0.25) is 0 Å². The van der Waals surface area contributed by atoms with Crippen LogP contribution in [0.25, 0.3) is 10.2 Å². The van der Waals surface area contributed by atoms with Crippen LogP contribution >= 0.6 is 11.3 Å². The quantitative estimate of drug-likeness (QED) is 0.377. The Balaban J connectivity index is 1.51. The Labute approximate surface area is 223 Å². The standard InChI is InChI=1S/C27H36N4O4S2/c1-5-29(6-2)18-19-31(27-28-25-20(3)8-7-9-24(25)36-27)26(32)21-14-16-30(17-15-21)37(33,34)23-12-10-22(35-4)11-13-23/h7-13,21H,5-6,14-19H2,1-4H3. The number of aromatic nitrogens is 1. The number of aryl methyl sites for hydroxylation is 1. The van der Waals surface area contributed by atoms with Gasteiger partial charge in [0.1, 0.15) is 5.75 Å². The highest BCUT2D eigenvalue weighted by molar-refractivity contribution is 7.89. The third kappa shape index (κ3) is 5.98. The molecule has 0 saturated carbocycles. The van der Waals surface area contributed by atoms with Crippen molar-refractivity contribution >= 4 is 42.6 Å². The van der Waals surface area contributed by atoms with Crippen LogP contribution in [-0.4, -0.2) is 74.9 Å². The van der Waals surface area contributed by atoms with Gasteiger partial charge in [0.25, 0.3) is 0 Å². The molecule has 1 aromatic heterocycles. The number of nitrogens with zero attached hydrogens (tertiary/aromatic N) is 4. The second kappa shape index (κ2) is 11.9. The maximum atomic E-state index is 13.8. The highest BCUT2D eigenvalue weighted by Gasteiger charge is 2.35. The SMILES string of the molecule is CCN(CC)CCN(C(=O)C1CCN(S(=O)(=O)c2ccc(OC)cc2)CC1)c1nc2c(C)cccc2s1. The summed E-state index contributed by atoms with van der Waals surface area (Å²) in [6.45, 7) is 10.1. The average molecular weight is 545 g/mol. The molecule has 1 amide bonds. The number of thiazole rings is 1. The Morgan fingerprint density at radius 1 is 1.08 bits per heavy atom. The van der Waals surface area contributed by atoms with E-state index in [0.29, 0.717) is 38.2 Å². The molecule has 1 fully saturated rings. The number of ether oxygens (including phenoxy) is 1. The van der Waals surface area contributed by atoms with Crippen molar-refractivity contribution in [2.75, 3.05) is 51.3 Å². The van der Waals surface area contributed by atoms with Crippen LogP contribution in [0.5, 0.6) is 5.75 Å². The number of carbonyl (C=O) groups is 1. The fourth-order valence-electron chi connectivity index (χ4n) is 4.73. The zero-order valence-corrected chi connectivity index (χ0v) is 23.6. The summed E-state index contributed by atoms with van der Waals surface area (Å²) in [5.41, 5.74) is 2.02. The molecule has 1 aliphatic rings. The molecule has 1 aliphatic heterocycles. The normalized spacial score (nSPS) is 15.4. The predicted molar refractivity (Wildman–Crippen MR) is 149 cm³/mol. The van der Waals surface area contributed by atoms with Crippen molar-refractivity contribution in [3.05, 3.63) is 48.0 Å². The molecule has 10 heteroatoms. The average Bonchev–Trinajstić information content (AvgIpc) is 3.36. The first-order valence-electron chi connectivity index (χ1n) is 12.8. The number of para-hydroxylation sites is 1. The van der Waals surface area contributed by atoms with Gasteiger partial charge < -0.3 is 9.64 Å². The Morgan fingerprint density at radius 3 is 2.35 bits per heavy atom. The zero-order chi connectivity index (χ0) is 26.6. The summed E-state index contributed by atoms with van der Waals surface area (Å²) in [5.74, 6) is 0.399. The minimum absolute atomic E-state index is 0.0327. The van der Waals surface area contributed by atoms with E-state index in [1.54, 1.807) is 42.7 Å². The van der Waals surface area contributed by atoms with Gasteiger partial charge in [-0.3, -0.25) is 9.69 Å². The summed E-state index contributed by atoms with van der Waals surface area (Å²) >= 11 is 1.54. The number of piperidine rings is 1. The molecule has 4 rings (SSSR count). The Kier molecular flexibility index (Phi) is 8.84. The van der Waals surface area contributed by atoms with E-state index in [2.05, 4.69) is 18.7 Å². The van der Waals surface area contributed by atoms with Gasteiger partial charge in [0, 0.05) is 32.1 Å². The number of rotatable bonds is 10. The van der Waals surface area contributed by atoms with Crippen LogP contribution in [0, 0.1) is 12.8 Å². The van der Waals surface area contributed by atoms with E-state index in [1.165, 1.54) is 4.31 Å². The van der Waals surface area contributed by atoms with Crippen molar-refractivity contribution in [3.8, 4) is 5.75 Å². The van der Waals surface area contributed by atoms with Crippen molar-refractivity contribution in [3.63, 3.8) is 0 Å². The second-order valence-electron chi connectivity index (χ2n) is 9.29. The minimum Gasteiger partial charge on any atom is -0.497 e. The molecule has 2 aromatic carbocycles. The molecule has 37 heavy (non-hydrogen) atoms. The summed E-state index contributed by atoms with van der Waals surface area (Å²) in [5, 5.41) is 0.717. The highest BCUT2D eigenvalue weighted by Crippen LogP contribution is 2.33. The third-order valence-electron chi connectivity index (χ3n) is 7.14. The van der Waals surface area contributed by atoms with Crippen LogP contribution in [0.1, 0.15) is 32.3 Å². The molecule has 0 bridgehead atoms. The zero-order valence-electron chi connectivity index (χ0n) is 22.0. The first kappa shape index (κ1) is 27.5.